The van der Waals surface area contributed by atoms with Crippen LogP contribution >= 0.6 is 0 Å². The second kappa shape index (κ2) is 8.46. The van der Waals surface area contributed by atoms with Gasteiger partial charge in [-0.3, -0.25) is 9.59 Å². The number of ether oxygens (including phenoxy) is 1. The number of unbranched alkanes of at least 4 members (excludes halogenated alkanes) is 1. The lowest BCUT2D eigenvalue weighted by Gasteiger charge is -2.38. The van der Waals surface area contributed by atoms with E-state index in [0.29, 0.717) is 25.9 Å². The van der Waals surface area contributed by atoms with Crippen LogP contribution in [0, 0.1) is 5.92 Å². The molecule has 2 fully saturated rings. The number of aliphatic carboxylic acids is 1. The molecule has 0 aromatic heterocycles. The van der Waals surface area contributed by atoms with Crippen molar-refractivity contribution >= 4 is 17.8 Å². The highest BCUT2D eigenvalue weighted by atomic mass is 16.5. The highest BCUT2D eigenvalue weighted by Crippen LogP contribution is 2.27. The summed E-state index contributed by atoms with van der Waals surface area (Å²) >= 11 is 0. The molecule has 4 atom stereocenters. The van der Waals surface area contributed by atoms with Gasteiger partial charge in [0.05, 0.1) is 5.92 Å². The fourth-order valence-electron chi connectivity index (χ4n) is 3.35. The van der Waals surface area contributed by atoms with Gasteiger partial charge in [0, 0.05) is 19.1 Å². The van der Waals surface area contributed by atoms with E-state index in [4.69, 9.17) is 9.84 Å². The monoisotopic (exact) mass is 340 g/mol. The predicted octanol–water partition coefficient (Wildman–Crippen LogP) is 1.16. The molecule has 2 aliphatic heterocycles. The first-order valence-electron chi connectivity index (χ1n) is 8.90. The molecule has 2 N–H and O–H groups in total. The smallest absolute Gasteiger partial charge is 0.332 e. The molecule has 0 aromatic rings. The Bertz CT molecular complexity index is 482. The molecule has 7 heteroatoms. The first-order valence-corrected chi connectivity index (χ1v) is 8.90. The minimum absolute atomic E-state index is 0.00361. The number of carboxylic acid groups (broad SMARTS) is 1. The number of hydrogen-bond donors (Lipinski definition) is 2. The van der Waals surface area contributed by atoms with E-state index in [1.807, 2.05) is 6.92 Å². The highest BCUT2D eigenvalue weighted by molar-refractivity contribution is 5.85. The first kappa shape index (κ1) is 18.7. The highest BCUT2D eigenvalue weighted by Gasteiger charge is 2.40. The third kappa shape index (κ3) is 4.47. The third-order valence-corrected chi connectivity index (χ3v) is 4.94. The number of hydrogen-bond acceptors (Lipinski definition) is 4. The van der Waals surface area contributed by atoms with Gasteiger partial charge in [0.2, 0.25) is 5.91 Å². The lowest BCUT2D eigenvalue weighted by molar-refractivity contribution is -0.156. The summed E-state index contributed by atoms with van der Waals surface area (Å²) in [5.41, 5.74) is 0. The zero-order chi connectivity index (χ0) is 17.7. The molecule has 2 rings (SSSR count). The molecule has 0 bridgehead atoms. The summed E-state index contributed by atoms with van der Waals surface area (Å²) < 4.78 is 5.37. The lowest BCUT2D eigenvalue weighted by Crippen LogP contribution is -2.52. The van der Waals surface area contributed by atoms with Crippen molar-refractivity contribution in [1.29, 1.82) is 0 Å². The molecule has 0 spiro atoms. The van der Waals surface area contributed by atoms with Gasteiger partial charge in [-0.05, 0) is 39.0 Å². The van der Waals surface area contributed by atoms with Gasteiger partial charge in [-0.1, -0.05) is 13.3 Å². The second-order valence-corrected chi connectivity index (χ2v) is 6.79. The van der Waals surface area contributed by atoms with E-state index in [-0.39, 0.29) is 23.8 Å². The van der Waals surface area contributed by atoms with Crippen LogP contribution in [-0.4, -0.2) is 59.1 Å². The Morgan fingerprint density at radius 1 is 1.17 bits per heavy atom. The van der Waals surface area contributed by atoms with Crippen LogP contribution in [0.4, 0.5) is 0 Å². The fourth-order valence-corrected chi connectivity index (χ4v) is 3.35. The molecule has 2 amide bonds. The third-order valence-electron chi connectivity index (χ3n) is 4.94. The summed E-state index contributed by atoms with van der Waals surface area (Å²) in [5.74, 6) is -1.40. The molecule has 2 unspecified atom stereocenters. The van der Waals surface area contributed by atoms with Crippen molar-refractivity contribution < 1.29 is 24.2 Å². The number of carbonyl (C=O) groups is 3. The number of nitrogens with zero attached hydrogens (tertiary/aromatic N) is 1. The maximum absolute atomic E-state index is 12.7. The van der Waals surface area contributed by atoms with Gasteiger partial charge in [-0.2, -0.15) is 0 Å². The summed E-state index contributed by atoms with van der Waals surface area (Å²) in [5, 5.41) is 11.9. The molecule has 7 nitrogen and oxygen atoms in total. The van der Waals surface area contributed by atoms with Crippen LogP contribution in [0.25, 0.3) is 0 Å². The number of amides is 2. The van der Waals surface area contributed by atoms with Crippen LogP contribution in [0.5, 0.6) is 0 Å². The van der Waals surface area contributed by atoms with Crippen LogP contribution in [0.2, 0.25) is 0 Å². The van der Waals surface area contributed by atoms with Crippen LogP contribution in [-0.2, 0) is 19.1 Å². The minimum Gasteiger partial charge on any atom is -0.479 e. The second-order valence-electron chi connectivity index (χ2n) is 6.79. The van der Waals surface area contributed by atoms with Gasteiger partial charge >= 0.3 is 5.97 Å². The number of likely N-dealkylation sites (tertiary alicyclic amines) is 1. The largest absolute Gasteiger partial charge is 0.479 e. The van der Waals surface area contributed by atoms with Gasteiger partial charge < -0.3 is 20.1 Å². The van der Waals surface area contributed by atoms with Crippen molar-refractivity contribution in [2.24, 2.45) is 5.92 Å². The van der Waals surface area contributed by atoms with Gasteiger partial charge in [0.1, 0.15) is 6.10 Å². The molecule has 2 saturated heterocycles. The Morgan fingerprint density at radius 3 is 2.50 bits per heavy atom. The minimum atomic E-state index is -1.02. The summed E-state index contributed by atoms with van der Waals surface area (Å²) in [6.07, 6.45) is 2.70. The van der Waals surface area contributed by atoms with Gasteiger partial charge in [0.25, 0.3) is 5.91 Å². The Hall–Kier alpha value is -1.63. The average Bonchev–Trinajstić information content (AvgIpc) is 3.05. The van der Waals surface area contributed by atoms with Crippen molar-refractivity contribution in [1.82, 2.24) is 10.2 Å². The molecule has 2 aliphatic rings. The van der Waals surface area contributed by atoms with Crippen molar-refractivity contribution in [3.63, 3.8) is 0 Å². The van der Waals surface area contributed by atoms with Gasteiger partial charge in [-0.15, -0.1) is 0 Å². The van der Waals surface area contributed by atoms with Crippen LogP contribution < -0.4 is 5.32 Å². The summed E-state index contributed by atoms with van der Waals surface area (Å²) in [7, 11) is 0. The number of carboxylic acids is 1. The topological polar surface area (TPSA) is 95.9 Å². The van der Waals surface area contributed by atoms with E-state index in [9.17, 15) is 14.4 Å². The van der Waals surface area contributed by atoms with Crippen molar-refractivity contribution in [2.75, 3.05) is 13.1 Å². The normalized spacial score (nSPS) is 30.2. The quantitative estimate of drug-likeness (QED) is 0.708. The Balaban J connectivity index is 1.92. The Kier molecular flexibility index (Phi) is 6.60. The molecule has 0 radical (unpaired) electrons. The molecule has 2 heterocycles. The average molecular weight is 340 g/mol. The molecule has 136 valence electrons. The lowest BCUT2D eigenvalue weighted by atomic mass is 9.92. The zero-order valence-corrected chi connectivity index (χ0v) is 14.5. The zero-order valence-electron chi connectivity index (χ0n) is 14.5. The SMILES string of the molecule is CCCCNC(=O)C1CCC(C)N(C(=O)[C@@H]2CC[C@H](C(=O)O)O2)C1. The van der Waals surface area contributed by atoms with Crippen molar-refractivity contribution in [3.8, 4) is 0 Å². The molecule has 0 aromatic carbocycles. The number of piperidine rings is 1. The number of carbonyl (C=O) groups excluding carboxylic acids is 2. The summed E-state index contributed by atoms with van der Waals surface area (Å²) in [6, 6.07) is 0.0460. The van der Waals surface area contributed by atoms with Gasteiger partial charge in [-0.25, -0.2) is 4.79 Å². The van der Waals surface area contributed by atoms with E-state index in [2.05, 4.69) is 12.2 Å². The summed E-state index contributed by atoms with van der Waals surface area (Å²) in [4.78, 5) is 37.6. The predicted molar refractivity (Wildman–Crippen MR) is 87.3 cm³/mol. The van der Waals surface area contributed by atoms with Gasteiger partial charge in [0.15, 0.2) is 6.10 Å². The Labute approximate surface area is 142 Å². The maximum Gasteiger partial charge on any atom is 0.332 e. The van der Waals surface area contributed by atoms with Crippen molar-refractivity contribution in [3.05, 3.63) is 0 Å². The van der Waals surface area contributed by atoms with E-state index in [0.717, 1.165) is 25.7 Å². The van der Waals surface area contributed by atoms with E-state index < -0.39 is 18.2 Å². The molecule has 24 heavy (non-hydrogen) atoms. The Morgan fingerprint density at radius 2 is 1.88 bits per heavy atom. The molecule has 0 saturated carbocycles. The van der Waals surface area contributed by atoms with E-state index in [1.54, 1.807) is 4.90 Å². The molecular formula is C17H28N2O5. The fraction of sp³-hybridized carbons (Fsp3) is 0.824. The van der Waals surface area contributed by atoms with E-state index >= 15 is 0 Å². The van der Waals surface area contributed by atoms with E-state index in [1.165, 1.54) is 0 Å². The first-order chi connectivity index (χ1) is 11.4. The van der Waals surface area contributed by atoms with Crippen LogP contribution in [0.3, 0.4) is 0 Å². The van der Waals surface area contributed by atoms with Crippen molar-refractivity contribution in [2.45, 2.75) is 70.6 Å². The summed E-state index contributed by atoms with van der Waals surface area (Å²) in [6.45, 7) is 5.09. The maximum atomic E-state index is 12.7. The molecular weight excluding hydrogens is 312 g/mol. The number of rotatable bonds is 6. The molecule has 0 aliphatic carbocycles. The standard InChI is InChI=1S/C17H28N2O5/c1-3-4-9-18-15(20)12-6-5-11(2)19(10-12)16(21)13-7-8-14(24-13)17(22)23/h11-14H,3-10H2,1-2H3,(H,18,20)(H,22,23)/t11?,12?,13-,14+/m0/s1. The van der Waals surface area contributed by atoms with Crippen LogP contribution in [0.1, 0.15) is 52.4 Å². The van der Waals surface area contributed by atoms with Crippen LogP contribution in [0.15, 0.2) is 0 Å². The number of nitrogens with one attached hydrogen (secondary N) is 1.